The van der Waals surface area contributed by atoms with E-state index < -0.39 is 6.23 Å². The Balaban J connectivity index is 1.78. The number of aliphatic hydroxyl groups excluding tert-OH is 1. The van der Waals surface area contributed by atoms with E-state index in [1.165, 1.54) is 0 Å². The third-order valence-electron chi connectivity index (χ3n) is 5.92. The van der Waals surface area contributed by atoms with E-state index in [1.54, 1.807) is 19.1 Å². The molecule has 0 radical (unpaired) electrons. The highest BCUT2D eigenvalue weighted by Gasteiger charge is 2.38. The molecule has 0 spiro atoms. The smallest absolute Gasteiger partial charge is 0.231 e. The second-order valence-corrected chi connectivity index (χ2v) is 7.29. The van der Waals surface area contributed by atoms with Gasteiger partial charge in [0.05, 0.1) is 31.0 Å². The molecule has 0 fully saturated rings. The van der Waals surface area contributed by atoms with Gasteiger partial charge in [-0.15, -0.1) is 0 Å². The summed E-state index contributed by atoms with van der Waals surface area (Å²) in [6.45, 7) is 0.287. The van der Waals surface area contributed by atoms with Gasteiger partial charge in [0.15, 0.2) is 40.7 Å². The molecule has 3 heterocycles. The molecule has 6 rings (SSSR count). The zero-order valence-electron chi connectivity index (χ0n) is 16.6. The summed E-state index contributed by atoms with van der Waals surface area (Å²) in [7, 11) is 5.04. The maximum Gasteiger partial charge on any atom is 0.231 e. The molecule has 8 heteroatoms. The van der Waals surface area contributed by atoms with Gasteiger partial charge in [0.25, 0.3) is 0 Å². The predicted octanol–water partition coefficient (Wildman–Crippen LogP) is 3.42. The van der Waals surface area contributed by atoms with Crippen molar-refractivity contribution in [2.24, 2.45) is 0 Å². The highest BCUT2D eigenvalue weighted by molar-refractivity contribution is 6.11. The van der Waals surface area contributed by atoms with Crippen molar-refractivity contribution in [3.63, 3.8) is 0 Å². The van der Waals surface area contributed by atoms with Crippen LogP contribution in [0.1, 0.15) is 11.8 Å². The number of benzene rings is 3. The quantitative estimate of drug-likeness (QED) is 0.690. The normalized spacial score (nSPS) is 17.7. The van der Waals surface area contributed by atoms with Crippen LogP contribution in [0.4, 0.5) is 5.69 Å². The lowest BCUT2D eigenvalue weighted by atomic mass is 9.87. The van der Waals surface area contributed by atoms with Crippen LogP contribution in [0.2, 0.25) is 0 Å². The van der Waals surface area contributed by atoms with Gasteiger partial charge in [-0.1, -0.05) is 0 Å². The average Bonchev–Trinajstić information content (AvgIpc) is 3.42. The van der Waals surface area contributed by atoms with Gasteiger partial charge in [0.2, 0.25) is 13.6 Å². The van der Waals surface area contributed by atoms with Crippen molar-refractivity contribution in [1.29, 1.82) is 0 Å². The standard InChI is InChI=1S/C22H19NO7/c1-23-18-11-6-14-15(29-8-28-14)7-12(11)19(25-2)21(26-3)16(18)10-4-5-13-20(30-9-27-13)17(10)22(23)24/h4-7,22,24H,8-9H2,1-3H3/t22-/m0/s1. The van der Waals surface area contributed by atoms with Gasteiger partial charge in [0, 0.05) is 17.8 Å². The highest BCUT2D eigenvalue weighted by atomic mass is 16.7. The Morgan fingerprint density at radius 2 is 1.57 bits per heavy atom. The lowest BCUT2D eigenvalue weighted by Crippen LogP contribution is -2.29. The molecule has 0 aliphatic carbocycles. The van der Waals surface area contributed by atoms with Gasteiger partial charge in [-0.3, -0.25) is 0 Å². The number of rotatable bonds is 2. The van der Waals surface area contributed by atoms with Crippen LogP contribution in [0.3, 0.4) is 0 Å². The first kappa shape index (κ1) is 17.3. The van der Waals surface area contributed by atoms with Crippen molar-refractivity contribution in [3.8, 4) is 45.6 Å². The summed E-state index contributed by atoms with van der Waals surface area (Å²) in [4.78, 5) is 1.80. The van der Waals surface area contributed by atoms with Crippen molar-refractivity contribution < 1.29 is 33.5 Å². The van der Waals surface area contributed by atoms with Crippen LogP contribution in [0.25, 0.3) is 21.9 Å². The second kappa shape index (κ2) is 5.99. The fourth-order valence-corrected chi connectivity index (χ4v) is 4.60. The molecule has 0 aromatic heterocycles. The van der Waals surface area contributed by atoms with Crippen LogP contribution in [0.5, 0.6) is 34.5 Å². The molecule has 0 unspecified atom stereocenters. The summed E-state index contributed by atoms with van der Waals surface area (Å²) in [6, 6.07) is 7.56. The molecule has 3 aliphatic rings. The predicted molar refractivity (Wildman–Crippen MR) is 108 cm³/mol. The van der Waals surface area contributed by atoms with E-state index in [2.05, 4.69) is 0 Å². The van der Waals surface area contributed by atoms with Gasteiger partial charge >= 0.3 is 0 Å². The SMILES string of the molecule is COc1c2c(c3cc4c(cc3c1OC)OCO4)N(C)[C@@H](O)c1c-2ccc2c1OCO2. The minimum atomic E-state index is -0.934. The summed E-state index contributed by atoms with van der Waals surface area (Å²) >= 11 is 0. The van der Waals surface area contributed by atoms with Crippen LogP contribution in [-0.2, 0) is 0 Å². The number of aliphatic hydroxyl groups is 1. The fraction of sp³-hybridized carbons (Fsp3) is 0.273. The molecule has 8 nitrogen and oxygen atoms in total. The summed E-state index contributed by atoms with van der Waals surface area (Å²) in [6.07, 6.45) is -0.934. The number of fused-ring (bicyclic) bond motifs is 8. The first-order valence-electron chi connectivity index (χ1n) is 9.49. The van der Waals surface area contributed by atoms with Crippen LogP contribution < -0.4 is 33.3 Å². The Morgan fingerprint density at radius 3 is 2.30 bits per heavy atom. The van der Waals surface area contributed by atoms with Crippen molar-refractivity contribution in [3.05, 3.63) is 29.8 Å². The Hall–Kier alpha value is -3.52. The van der Waals surface area contributed by atoms with Gasteiger partial charge in [-0.2, -0.15) is 0 Å². The van der Waals surface area contributed by atoms with Crippen LogP contribution >= 0.6 is 0 Å². The van der Waals surface area contributed by atoms with Crippen molar-refractivity contribution in [1.82, 2.24) is 0 Å². The number of hydrogen-bond acceptors (Lipinski definition) is 8. The summed E-state index contributed by atoms with van der Waals surface area (Å²) in [5.41, 5.74) is 3.05. The maximum atomic E-state index is 11.2. The largest absolute Gasteiger partial charge is 0.492 e. The molecule has 0 bridgehead atoms. The molecule has 0 amide bonds. The minimum absolute atomic E-state index is 0.122. The number of hydrogen-bond donors (Lipinski definition) is 1. The van der Waals surface area contributed by atoms with E-state index in [0.717, 1.165) is 27.6 Å². The zero-order valence-corrected chi connectivity index (χ0v) is 16.6. The van der Waals surface area contributed by atoms with E-state index in [0.29, 0.717) is 40.1 Å². The molecule has 154 valence electrons. The molecule has 3 aromatic carbocycles. The lowest BCUT2D eigenvalue weighted by molar-refractivity contribution is 0.157. The molecule has 3 aliphatic heterocycles. The number of ether oxygens (including phenoxy) is 6. The summed E-state index contributed by atoms with van der Waals surface area (Å²) in [5.74, 6) is 3.60. The molecule has 1 atom stereocenters. The molecular weight excluding hydrogens is 390 g/mol. The third-order valence-corrected chi connectivity index (χ3v) is 5.92. The van der Waals surface area contributed by atoms with E-state index in [9.17, 15) is 5.11 Å². The topological polar surface area (TPSA) is 78.9 Å². The Bertz CT molecular complexity index is 1220. The fourth-order valence-electron chi connectivity index (χ4n) is 4.60. The minimum Gasteiger partial charge on any atom is -0.492 e. The van der Waals surface area contributed by atoms with E-state index in [-0.39, 0.29) is 13.6 Å². The zero-order chi connectivity index (χ0) is 20.6. The molecule has 0 saturated carbocycles. The molecule has 1 N–H and O–H groups in total. The number of anilines is 1. The van der Waals surface area contributed by atoms with E-state index in [1.807, 2.05) is 31.3 Å². The molecule has 3 aromatic rings. The lowest BCUT2D eigenvalue weighted by Gasteiger charge is -2.37. The average molecular weight is 409 g/mol. The summed E-state index contributed by atoms with van der Waals surface area (Å²) in [5, 5.41) is 12.9. The van der Waals surface area contributed by atoms with Crippen LogP contribution in [0.15, 0.2) is 24.3 Å². The van der Waals surface area contributed by atoms with Crippen molar-refractivity contribution in [2.75, 3.05) is 39.8 Å². The number of methoxy groups -OCH3 is 2. The Kier molecular flexibility index (Phi) is 3.47. The number of nitrogens with zero attached hydrogens (tertiary/aromatic N) is 1. The van der Waals surface area contributed by atoms with Gasteiger partial charge in [-0.25, -0.2) is 0 Å². The Morgan fingerprint density at radius 1 is 0.900 bits per heavy atom. The van der Waals surface area contributed by atoms with Gasteiger partial charge < -0.3 is 38.4 Å². The monoisotopic (exact) mass is 409 g/mol. The van der Waals surface area contributed by atoms with Crippen LogP contribution in [0, 0.1) is 0 Å². The molecule has 0 saturated heterocycles. The molecular formula is C22H19NO7. The maximum absolute atomic E-state index is 11.2. The van der Waals surface area contributed by atoms with E-state index >= 15 is 0 Å². The van der Waals surface area contributed by atoms with Crippen molar-refractivity contribution >= 4 is 16.5 Å². The second-order valence-electron chi connectivity index (χ2n) is 7.29. The highest BCUT2D eigenvalue weighted by Crippen LogP contribution is 2.59. The van der Waals surface area contributed by atoms with Gasteiger partial charge in [0.1, 0.15) is 0 Å². The van der Waals surface area contributed by atoms with Gasteiger partial charge in [-0.05, 0) is 29.8 Å². The first-order chi connectivity index (χ1) is 14.6. The summed E-state index contributed by atoms with van der Waals surface area (Å²) < 4.78 is 34.0. The third kappa shape index (κ3) is 2.03. The Labute approximate surface area is 172 Å². The van der Waals surface area contributed by atoms with Crippen molar-refractivity contribution in [2.45, 2.75) is 6.23 Å². The van der Waals surface area contributed by atoms with Crippen LogP contribution in [-0.4, -0.2) is 40.0 Å². The van der Waals surface area contributed by atoms with E-state index in [4.69, 9.17) is 28.4 Å². The molecule has 30 heavy (non-hydrogen) atoms. The first-order valence-corrected chi connectivity index (χ1v) is 9.49.